The summed E-state index contributed by atoms with van der Waals surface area (Å²) in [6.45, 7) is 5.75. The number of likely N-dealkylation sites (tertiary alicyclic amines) is 1. The van der Waals surface area contributed by atoms with E-state index in [-0.39, 0.29) is 24.3 Å². The highest BCUT2D eigenvalue weighted by molar-refractivity contribution is 5.89. The minimum atomic E-state index is -0.201. The maximum Gasteiger partial charge on any atom is 0.225 e. The largest absolute Gasteiger partial charge is 0.396 e. The van der Waals surface area contributed by atoms with Crippen LogP contribution in [0.15, 0.2) is 0 Å². The molecule has 2 atom stereocenters. The standard InChI is InChI=1S/C19H34N2O3/c1-3-4-15(9-10-22)12-20-19(24)16-11-18(23)21(13-16)17-7-5-14(2)6-8-17/h14-17,22H,3-13H2,1-2H3,(H,20,24). The van der Waals surface area contributed by atoms with Crippen molar-refractivity contribution in [3.05, 3.63) is 0 Å². The molecule has 0 bridgehead atoms. The first-order valence-corrected chi connectivity index (χ1v) is 9.73. The fourth-order valence-electron chi connectivity index (χ4n) is 4.14. The van der Waals surface area contributed by atoms with Gasteiger partial charge in [0, 0.05) is 32.2 Å². The van der Waals surface area contributed by atoms with E-state index < -0.39 is 0 Å². The molecule has 2 N–H and O–H groups in total. The van der Waals surface area contributed by atoms with E-state index in [1.54, 1.807) is 0 Å². The number of nitrogens with one attached hydrogen (secondary N) is 1. The van der Waals surface area contributed by atoms with Crippen molar-refractivity contribution in [1.82, 2.24) is 10.2 Å². The lowest BCUT2D eigenvalue weighted by Gasteiger charge is -2.33. The average Bonchev–Trinajstić information content (AvgIpc) is 2.95. The molecule has 138 valence electrons. The molecule has 1 saturated heterocycles. The van der Waals surface area contributed by atoms with Gasteiger partial charge < -0.3 is 15.3 Å². The Bertz CT molecular complexity index is 413. The Labute approximate surface area is 146 Å². The number of carbonyl (C=O) groups is 2. The van der Waals surface area contributed by atoms with Crippen molar-refractivity contribution < 1.29 is 14.7 Å². The number of rotatable bonds is 8. The van der Waals surface area contributed by atoms with E-state index in [1.165, 1.54) is 12.8 Å². The van der Waals surface area contributed by atoms with Gasteiger partial charge in [-0.3, -0.25) is 9.59 Å². The van der Waals surface area contributed by atoms with Crippen molar-refractivity contribution >= 4 is 11.8 Å². The Kier molecular flexibility index (Phi) is 7.53. The summed E-state index contributed by atoms with van der Waals surface area (Å²) in [7, 11) is 0. The first kappa shape index (κ1) is 19.2. The second-order valence-electron chi connectivity index (χ2n) is 7.77. The van der Waals surface area contributed by atoms with Crippen LogP contribution in [0.2, 0.25) is 0 Å². The molecule has 0 spiro atoms. The Morgan fingerprint density at radius 3 is 2.62 bits per heavy atom. The molecule has 24 heavy (non-hydrogen) atoms. The Balaban J connectivity index is 1.80. The summed E-state index contributed by atoms with van der Waals surface area (Å²) < 4.78 is 0. The third kappa shape index (κ3) is 5.20. The average molecular weight is 338 g/mol. The molecule has 1 saturated carbocycles. The zero-order chi connectivity index (χ0) is 17.5. The molecule has 2 amide bonds. The fourth-order valence-corrected chi connectivity index (χ4v) is 4.14. The van der Waals surface area contributed by atoms with Crippen LogP contribution >= 0.6 is 0 Å². The first-order valence-electron chi connectivity index (χ1n) is 9.73. The minimum Gasteiger partial charge on any atom is -0.396 e. The molecule has 0 aromatic rings. The molecule has 1 heterocycles. The Morgan fingerprint density at radius 1 is 1.29 bits per heavy atom. The first-order chi connectivity index (χ1) is 11.5. The van der Waals surface area contributed by atoms with E-state index >= 15 is 0 Å². The smallest absolute Gasteiger partial charge is 0.225 e. The van der Waals surface area contributed by atoms with Gasteiger partial charge in [-0.1, -0.05) is 20.3 Å². The third-order valence-electron chi connectivity index (χ3n) is 5.75. The molecule has 1 aliphatic carbocycles. The molecular formula is C19H34N2O3. The lowest BCUT2D eigenvalue weighted by atomic mass is 9.87. The van der Waals surface area contributed by atoms with Crippen LogP contribution in [0.5, 0.6) is 0 Å². The van der Waals surface area contributed by atoms with Crippen molar-refractivity contribution in [3.8, 4) is 0 Å². The maximum atomic E-state index is 12.4. The Morgan fingerprint density at radius 2 is 2.00 bits per heavy atom. The second kappa shape index (κ2) is 9.40. The van der Waals surface area contributed by atoms with Gasteiger partial charge in [0.1, 0.15) is 0 Å². The molecule has 2 fully saturated rings. The van der Waals surface area contributed by atoms with Crippen LogP contribution in [0.25, 0.3) is 0 Å². The molecule has 5 heteroatoms. The lowest BCUT2D eigenvalue weighted by molar-refractivity contribution is -0.131. The molecule has 0 aromatic carbocycles. The predicted molar refractivity (Wildman–Crippen MR) is 94.4 cm³/mol. The predicted octanol–water partition coefficient (Wildman–Crippen LogP) is 2.33. The summed E-state index contributed by atoms with van der Waals surface area (Å²) in [5.74, 6) is 1.05. The van der Waals surface area contributed by atoms with Gasteiger partial charge in [0.15, 0.2) is 0 Å². The second-order valence-corrected chi connectivity index (χ2v) is 7.77. The SMILES string of the molecule is CCCC(CCO)CNC(=O)C1CC(=O)N(C2CCC(C)CC2)C1. The van der Waals surface area contributed by atoms with Gasteiger partial charge in [-0.2, -0.15) is 0 Å². The van der Waals surface area contributed by atoms with E-state index in [0.717, 1.165) is 38.0 Å². The van der Waals surface area contributed by atoms with Gasteiger partial charge in [-0.25, -0.2) is 0 Å². The normalized spacial score (nSPS) is 28.9. The minimum absolute atomic E-state index is 0.00840. The maximum absolute atomic E-state index is 12.4. The highest BCUT2D eigenvalue weighted by atomic mass is 16.3. The van der Waals surface area contributed by atoms with Gasteiger partial charge in [0.25, 0.3) is 0 Å². The van der Waals surface area contributed by atoms with E-state index in [9.17, 15) is 9.59 Å². The van der Waals surface area contributed by atoms with Gasteiger partial charge >= 0.3 is 0 Å². The molecular weight excluding hydrogens is 304 g/mol. The summed E-state index contributed by atoms with van der Waals surface area (Å²) in [6.07, 6.45) is 7.68. The summed E-state index contributed by atoms with van der Waals surface area (Å²) in [6, 6.07) is 0.341. The van der Waals surface area contributed by atoms with Gasteiger partial charge in [0.05, 0.1) is 5.92 Å². The third-order valence-corrected chi connectivity index (χ3v) is 5.75. The number of carbonyl (C=O) groups excluding carboxylic acids is 2. The van der Waals surface area contributed by atoms with Crippen molar-refractivity contribution in [2.45, 2.75) is 71.3 Å². The Hall–Kier alpha value is -1.10. The van der Waals surface area contributed by atoms with Crippen LogP contribution < -0.4 is 5.32 Å². The number of aliphatic hydroxyl groups excluding tert-OH is 1. The molecule has 5 nitrogen and oxygen atoms in total. The number of hydrogen-bond donors (Lipinski definition) is 2. The molecule has 0 radical (unpaired) electrons. The van der Waals surface area contributed by atoms with Crippen LogP contribution in [0.3, 0.4) is 0 Å². The molecule has 2 unspecified atom stereocenters. The zero-order valence-corrected chi connectivity index (χ0v) is 15.3. The van der Waals surface area contributed by atoms with Crippen LogP contribution in [0, 0.1) is 17.8 Å². The summed E-state index contributed by atoms with van der Waals surface area (Å²) in [5, 5.41) is 12.1. The van der Waals surface area contributed by atoms with Crippen molar-refractivity contribution in [2.24, 2.45) is 17.8 Å². The quantitative estimate of drug-likeness (QED) is 0.714. The van der Waals surface area contributed by atoms with Crippen LogP contribution in [-0.2, 0) is 9.59 Å². The zero-order valence-electron chi connectivity index (χ0n) is 15.3. The number of nitrogens with zero attached hydrogens (tertiary/aromatic N) is 1. The highest BCUT2D eigenvalue weighted by Gasteiger charge is 2.38. The van der Waals surface area contributed by atoms with E-state index in [1.807, 2.05) is 4.90 Å². The van der Waals surface area contributed by atoms with E-state index in [4.69, 9.17) is 5.11 Å². The monoisotopic (exact) mass is 338 g/mol. The number of hydrogen-bond acceptors (Lipinski definition) is 3. The lowest BCUT2D eigenvalue weighted by Crippen LogP contribution is -2.40. The van der Waals surface area contributed by atoms with Crippen molar-refractivity contribution in [1.29, 1.82) is 0 Å². The molecule has 2 rings (SSSR count). The summed E-state index contributed by atoms with van der Waals surface area (Å²) in [5.41, 5.74) is 0. The fraction of sp³-hybridized carbons (Fsp3) is 0.895. The van der Waals surface area contributed by atoms with Gasteiger partial charge in [-0.05, 0) is 50.4 Å². The van der Waals surface area contributed by atoms with E-state index in [2.05, 4.69) is 19.2 Å². The van der Waals surface area contributed by atoms with Gasteiger partial charge in [0.2, 0.25) is 11.8 Å². The number of aliphatic hydroxyl groups is 1. The molecule has 0 aromatic heterocycles. The van der Waals surface area contributed by atoms with E-state index in [0.29, 0.717) is 31.5 Å². The molecule has 1 aliphatic heterocycles. The summed E-state index contributed by atoms with van der Waals surface area (Å²) >= 11 is 0. The highest BCUT2D eigenvalue weighted by Crippen LogP contribution is 2.31. The van der Waals surface area contributed by atoms with Crippen LogP contribution in [-0.4, -0.2) is 47.6 Å². The summed E-state index contributed by atoms with van der Waals surface area (Å²) in [4.78, 5) is 26.7. The number of amides is 2. The topological polar surface area (TPSA) is 69.6 Å². The van der Waals surface area contributed by atoms with Crippen molar-refractivity contribution in [3.63, 3.8) is 0 Å². The van der Waals surface area contributed by atoms with Gasteiger partial charge in [-0.15, -0.1) is 0 Å². The molecule has 2 aliphatic rings. The van der Waals surface area contributed by atoms with Crippen LogP contribution in [0.4, 0.5) is 0 Å². The van der Waals surface area contributed by atoms with Crippen molar-refractivity contribution in [2.75, 3.05) is 19.7 Å². The van der Waals surface area contributed by atoms with Crippen LogP contribution in [0.1, 0.15) is 65.2 Å².